The Hall–Kier alpha value is -3.16. The second-order valence-electron chi connectivity index (χ2n) is 5.67. The van der Waals surface area contributed by atoms with Crippen molar-refractivity contribution in [2.24, 2.45) is 7.05 Å². The van der Waals surface area contributed by atoms with Crippen LogP contribution in [0.2, 0.25) is 0 Å². The van der Waals surface area contributed by atoms with Crippen LogP contribution in [0.1, 0.15) is 25.6 Å². The second-order valence-corrected chi connectivity index (χ2v) is 5.67. The van der Waals surface area contributed by atoms with Gasteiger partial charge >= 0.3 is 6.03 Å². The summed E-state index contributed by atoms with van der Waals surface area (Å²) in [5.41, 5.74) is 2.08. The van der Waals surface area contributed by atoms with Crippen molar-refractivity contribution < 1.29 is 9.32 Å². The summed E-state index contributed by atoms with van der Waals surface area (Å²) in [7, 11) is 1.78. The summed E-state index contributed by atoms with van der Waals surface area (Å²) in [5, 5.41) is 13.4. The van der Waals surface area contributed by atoms with Crippen molar-refractivity contribution in [1.82, 2.24) is 19.9 Å². The number of rotatable bonds is 4. The van der Waals surface area contributed by atoms with E-state index >= 15 is 0 Å². The molecule has 0 saturated carbocycles. The number of amides is 2. The van der Waals surface area contributed by atoms with Gasteiger partial charge in [0.2, 0.25) is 0 Å². The lowest BCUT2D eigenvalue weighted by atomic mass is 10.2. The van der Waals surface area contributed by atoms with Crippen molar-refractivity contribution in [3.8, 4) is 11.5 Å². The second kappa shape index (κ2) is 6.53. The molecule has 0 radical (unpaired) electrons. The standard InChI is InChI=1S/C16H18N6O2/c1-10(2)14-20-15(24-21-14)11-4-6-12(7-5-11)18-16(23)19-13-8-17-22(3)9-13/h4-10H,1-3H3,(H2,18,19,23). The predicted molar refractivity (Wildman–Crippen MR) is 89.7 cm³/mol. The normalized spacial score (nSPS) is 10.8. The first-order valence-electron chi connectivity index (χ1n) is 7.52. The van der Waals surface area contributed by atoms with Gasteiger partial charge < -0.3 is 15.2 Å². The molecule has 0 saturated heterocycles. The van der Waals surface area contributed by atoms with Crippen molar-refractivity contribution in [2.75, 3.05) is 10.6 Å². The van der Waals surface area contributed by atoms with Crippen molar-refractivity contribution in [1.29, 1.82) is 0 Å². The van der Waals surface area contributed by atoms with Crippen LogP contribution in [0.15, 0.2) is 41.2 Å². The zero-order valence-corrected chi connectivity index (χ0v) is 13.6. The van der Waals surface area contributed by atoms with E-state index in [9.17, 15) is 4.79 Å². The first-order valence-corrected chi connectivity index (χ1v) is 7.52. The molecule has 3 rings (SSSR count). The number of hydrogen-bond donors (Lipinski definition) is 2. The van der Waals surface area contributed by atoms with Crippen LogP contribution < -0.4 is 10.6 Å². The molecule has 24 heavy (non-hydrogen) atoms. The highest BCUT2D eigenvalue weighted by Crippen LogP contribution is 2.21. The van der Waals surface area contributed by atoms with Crippen molar-refractivity contribution >= 4 is 17.4 Å². The summed E-state index contributed by atoms with van der Waals surface area (Å²) < 4.78 is 6.86. The first kappa shape index (κ1) is 15.7. The van der Waals surface area contributed by atoms with Crippen LogP contribution in [0.3, 0.4) is 0 Å². The Morgan fingerprint density at radius 1 is 1.17 bits per heavy atom. The van der Waals surface area contributed by atoms with E-state index in [1.54, 1.807) is 36.3 Å². The summed E-state index contributed by atoms with van der Waals surface area (Å²) >= 11 is 0. The van der Waals surface area contributed by atoms with E-state index in [0.29, 0.717) is 23.1 Å². The third kappa shape index (κ3) is 3.60. The van der Waals surface area contributed by atoms with E-state index in [2.05, 4.69) is 25.9 Å². The summed E-state index contributed by atoms with van der Waals surface area (Å²) in [6.45, 7) is 4.00. The van der Waals surface area contributed by atoms with Gasteiger partial charge in [0.25, 0.3) is 5.89 Å². The molecule has 0 aliphatic heterocycles. The van der Waals surface area contributed by atoms with Crippen LogP contribution in [0.25, 0.3) is 11.5 Å². The van der Waals surface area contributed by atoms with E-state index in [0.717, 1.165) is 5.56 Å². The lowest BCUT2D eigenvalue weighted by molar-refractivity contribution is 0.262. The third-order valence-corrected chi connectivity index (χ3v) is 3.31. The van der Waals surface area contributed by atoms with Crippen LogP contribution in [-0.4, -0.2) is 26.0 Å². The Kier molecular flexibility index (Phi) is 4.28. The highest BCUT2D eigenvalue weighted by molar-refractivity contribution is 5.99. The Morgan fingerprint density at radius 3 is 2.46 bits per heavy atom. The predicted octanol–water partition coefficient (Wildman–Crippen LogP) is 3.24. The molecule has 0 spiro atoms. The van der Waals surface area contributed by atoms with Crippen LogP contribution in [0.4, 0.5) is 16.2 Å². The molecule has 8 heteroatoms. The van der Waals surface area contributed by atoms with Gasteiger partial charge in [-0.05, 0) is 24.3 Å². The van der Waals surface area contributed by atoms with Gasteiger partial charge in [-0.2, -0.15) is 10.1 Å². The zero-order valence-electron chi connectivity index (χ0n) is 13.6. The molecule has 124 valence electrons. The molecule has 2 heterocycles. The van der Waals surface area contributed by atoms with Gasteiger partial charge in [-0.3, -0.25) is 4.68 Å². The number of hydrogen-bond acceptors (Lipinski definition) is 5. The monoisotopic (exact) mass is 326 g/mol. The van der Waals surface area contributed by atoms with Gasteiger partial charge in [0.1, 0.15) is 0 Å². The van der Waals surface area contributed by atoms with Gasteiger partial charge in [0, 0.05) is 30.4 Å². The topological polar surface area (TPSA) is 97.9 Å². The molecule has 2 amide bonds. The summed E-state index contributed by atoms with van der Waals surface area (Å²) in [6.07, 6.45) is 3.29. The molecule has 2 N–H and O–H groups in total. The van der Waals surface area contributed by atoms with Gasteiger partial charge in [0.05, 0.1) is 11.9 Å². The van der Waals surface area contributed by atoms with Gasteiger partial charge in [-0.25, -0.2) is 4.79 Å². The van der Waals surface area contributed by atoms with Gasteiger partial charge in [-0.1, -0.05) is 19.0 Å². The lowest BCUT2D eigenvalue weighted by Crippen LogP contribution is -2.19. The minimum atomic E-state index is -0.337. The van der Waals surface area contributed by atoms with Crippen LogP contribution in [0.5, 0.6) is 0 Å². The summed E-state index contributed by atoms with van der Waals surface area (Å²) in [4.78, 5) is 16.3. The number of benzene rings is 1. The molecule has 0 atom stereocenters. The highest BCUT2D eigenvalue weighted by atomic mass is 16.5. The number of carbonyl (C=O) groups excluding carboxylic acids is 1. The fourth-order valence-electron chi connectivity index (χ4n) is 2.06. The Balaban J connectivity index is 1.64. The molecule has 0 fully saturated rings. The van der Waals surface area contributed by atoms with Crippen LogP contribution in [0, 0.1) is 0 Å². The summed E-state index contributed by atoms with van der Waals surface area (Å²) in [6, 6.07) is 6.85. The maximum atomic E-state index is 11.9. The van der Waals surface area contributed by atoms with E-state index < -0.39 is 0 Å². The Morgan fingerprint density at radius 2 is 1.88 bits per heavy atom. The Labute approximate surface area is 138 Å². The average Bonchev–Trinajstić information content (AvgIpc) is 3.17. The van der Waals surface area contributed by atoms with Gasteiger partial charge in [-0.15, -0.1) is 0 Å². The molecule has 3 aromatic rings. The van der Waals surface area contributed by atoms with Crippen molar-refractivity contribution in [3.05, 3.63) is 42.5 Å². The fraction of sp³-hybridized carbons (Fsp3) is 0.250. The largest absolute Gasteiger partial charge is 0.334 e. The molecule has 0 unspecified atom stereocenters. The SMILES string of the molecule is CC(C)c1noc(-c2ccc(NC(=O)Nc3cnn(C)c3)cc2)n1. The van der Waals surface area contributed by atoms with Crippen LogP contribution in [-0.2, 0) is 7.05 Å². The molecule has 1 aromatic carbocycles. The van der Waals surface area contributed by atoms with E-state index in [1.165, 1.54) is 0 Å². The van der Waals surface area contributed by atoms with Crippen molar-refractivity contribution in [3.63, 3.8) is 0 Å². The number of urea groups is 1. The van der Waals surface area contributed by atoms with Crippen molar-refractivity contribution in [2.45, 2.75) is 19.8 Å². The molecular formula is C16H18N6O2. The maximum Gasteiger partial charge on any atom is 0.323 e. The lowest BCUT2D eigenvalue weighted by Gasteiger charge is -2.06. The molecule has 8 nitrogen and oxygen atoms in total. The fourth-order valence-corrected chi connectivity index (χ4v) is 2.06. The molecule has 0 bridgehead atoms. The molecule has 2 aromatic heterocycles. The summed E-state index contributed by atoms with van der Waals surface area (Å²) in [5.74, 6) is 1.34. The molecule has 0 aliphatic carbocycles. The number of carbonyl (C=O) groups is 1. The van der Waals surface area contributed by atoms with Crippen LogP contribution >= 0.6 is 0 Å². The van der Waals surface area contributed by atoms with Gasteiger partial charge in [0.15, 0.2) is 5.82 Å². The number of nitrogens with one attached hydrogen (secondary N) is 2. The average molecular weight is 326 g/mol. The van der Waals surface area contributed by atoms with E-state index in [-0.39, 0.29) is 11.9 Å². The smallest absolute Gasteiger partial charge is 0.323 e. The molecular weight excluding hydrogens is 308 g/mol. The number of anilines is 2. The Bertz CT molecular complexity index is 834. The number of aromatic nitrogens is 4. The number of nitrogens with zero attached hydrogens (tertiary/aromatic N) is 4. The third-order valence-electron chi connectivity index (χ3n) is 3.31. The number of aryl methyl sites for hydroxylation is 1. The minimum Gasteiger partial charge on any atom is -0.334 e. The maximum absolute atomic E-state index is 11.9. The first-order chi connectivity index (χ1) is 11.5. The van der Waals surface area contributed by atoms with E-state index in [4.69, 9.17) is 4.52 Å². The quantitative estimate of drug-likeness (QED) is 0.767. The zero-order chi connectivity index (χ0) is 17.1. The molecule has 0 aliphatic rings. The minimum absolute atomic E-state index is 0.208. The van der Waals surface area contributed by atoms with E-state index in [1.807, 2.05) is 26.0 Å². The highest BCUT2D eigenvalue weighted by Gasteiger charge is 2.11.